The van der Waals surface area contributed by atoms with Gasteiger partial charge in [-0.3, -0.25) is 14.6 Å². The molecule has 2 fully saturated rings. The first kappa shape index (κ1) is 18.9. The maximum Gasteiger partial charge on any atom is 0.325 e. The van der Waals surface area contributed by atoms with E-state index < -0.39 is 17.5 Å². The predicted molar refractivity (Wildman–Crippen MR) is 97.9 cm³/mol. The fourth-order valence-corrected chi connectivity index (χ4v) is 3.90. The van der Waals surface area contributed by atoms with Crippen LogP contribution in [0.1, 0.15) is 31.2 Å². The Morgan fingerprint density at radius 2 is 2.00 bits per heavy atom. The summed E-state index contributed by atoms with van der Waals surface area (Å²) in [6.45, 7) is 2.12. The number of hydrogen-bond acceptors (Lipinski definition) is 5. The molecule has 2 saturated heterocycles. The molecule has 0 unspecified atom stereocenters. The lowest BCUT2D eigenvalue weighted by atomic mass is 9.88. The van der Waals surface area contributed by atoms with E-state index in [4.69, 9.17) is 5.26 Å². The number of nitrogens with zero attached hydrogens (tertiary/aromatic N) is 4. The van der Waals surface area contributed by atoms with Crippen LogP contribution in [0.5, 0.6) is 0 Å². The number of imide groups is 1. The Kier molecular flexibility index (Phi) is 5.73. The van der Waals surface area contributed by atoms with E-state index >= 15 is 0 Å². The molecular formula is C20H23N5O2. The van der Waals surface area contributed by atoms with Gasteiger partial charge < -0.3 is 5.32 Å². The average Bonchev–Trinajstić information content (AvgIpc) is 2.89. The van der Waals surface area contributed by atoms with Gasteiger partial charge in [-0.1, -0.05) is 30.3 Å². The monoisotopic (exact) mass is 365 g/mol. The number of amides is 3. The zero-order valence-corrected chi connectivity index (χ0v) is 15.2. The van der Waals surface area contributed by atoms with Gasteiger partial charge in [0.1, 0.15) is 5.54 Å². The SMILES string of the molecule is N#CCC[C@@H](C#N)CN1C(=O)N[C@@]2(CCCN(Cc3ccccc3)C2)C1=O. The van der Waals surface area contributed by atoms with E-state index in [-0.39, 0.29) is 18.9 Å². The molecule has 27 heavy (non-hydrogen) atoms. The van der Waals surface area contributed by atoms with Crippen LogP contribution in [0.25, 0.3) is 0 Å². The molecule has 0 radical (unpaired) electrons. The summed E-state index contributed by atoms with van der Waals surface area (Å²) in [6, 6.07) is 13.7. The van der Waals surface area contributed by atoms with Crippen molar-refractivity contribution in [2.45, 2.75) is 37.8 Å². The first-order valence-electron chi connectivity index (χ1n) is 9.25. The molecule has 1 aromatic rings. The van der Waals surface area contributed by atoms with Crippen molar-refractivity contribution in [1.82, 2.24) is 15.1 Å². The third-order valence-corrected chi connectivity index (χ3v) is 5.26. The first-order valence-corrected chi connectivity index (χ1v) is 9.25. The third kappa shape index (κ3) is 4.10. The van der Waals surface area contributed by atoms with Crippen LogP contribution in [0.3, 0.4) is 0 Å². The molecular weight excluding hydrogens is 342 g/mol. The molecule has 7 nitrogen and oxygen atoms in total. The highest BCUT2D eigenvalue weighted by Gasteiger charge is 2.53. The van der Waals surface area contributed by atoms with Crippen molar-refractivity contribution < 1.29 is 9.59 Å². The van der Waals surface area contributed by atoms with Gasteiger partial charge >= 0.3 is 6.03 Å². The standard InChI is InChI=1S/C20H23N5O2/c21-10-4-8-17(12-22)14-25-18(26)20(23-19(25)27)9-5-11-24(15-20)13-16-6-2-1-3-7-16/h1-3,6-7,17H,4-5,8-9,11,13-15H2,(H,23,27)/t17-,20+/m0/s1. The van der Waals surface area contributed by atoms with Crippen LogP contribution in [0.4, 0.5) is 4.79 Å². The van der Waals surface area contributed by atoms with Gasteiger partial charge in [0.15, 0.2) is 0 Å². The van der Waals surface area contributed by atoms with Gasteiger partial charge in [0.05, 0.1) is 18.1 Å². The van der Waals surface area contributed by atoms with Gasteiger partial charge in [0.25, 0.3) is 5.91 Å². The van der Waals surface area contributed by atoms with Crippen LogP contribution >= 0.6 is 0 Å². The highest BCUT2D eigenvalue weighted by Crippen LogP contribution is 2.30. The summed E-state index contributed by atoms with van der Waals surface area (Å²) in [7, 11) is 0. The minimum absolute atomic E-state index is 0.0449. The van der Waals surface area contributed by atoms with Gasteiger partial charge in [-0.25, -0.2) is 4.79 Å². The van der Waals surface area contributed by atoms with E-state index in [1.807, 2.05) is 24.3 Å². The van der Waals surface area contributed by atoms with Gasteiger partial charge in [0, 0.05) is 26.1 Å². The molecule has 2 heterocycles. The van der Waals surface area contributed by atoms with Crippen molar-refractivity contribution >= 4 is 11.9 Å². The second-order valence-electron chi connectivity index (χ2n) is 7.25. The van der Waals surface area contributed by atoms with Crippen LogP contribution in [0.2, 0.25) is 0 Å². The molecule has 0 bridgehead atoms. The smallest absolute Gasteiger partial charge is 0.322 e. The quantitative estimate of drug-likeness (QED) is 0.777. The van der Waals surface area contributed by atoms with Crippen molar-refractivity contribution in [3.8, 4) is 12.1 Å². The highest BCUT2D eigenvalue weighted by molar-refractivity contribution is 6.07. The molecule has 0 saturated carbocycles. The van der Waals surface area contributed by atoms with E-state index in [0.717, 1.165) is 24.4 Å². The Bertz CT molecular complexity index is 782. The van der Waals surface area contributed by atoms with E-state index in [9.17, 15) is 14.9 Å². The molecule has 140 valence electrons. The number of benzene rings is 1. The van der Waals surface area contributed by atoms with Crippen LogP contribution in [0.15, 0.2) is 30.3 Å². The Labute approximate surface area is 159 Å². The van der Waals surface area contributed by atoms with Crippen molar-refractivity contribution in [2.75, 3.05) is 19.6 Å². The summed E-state index contributed by atoms with van der Waals surface area (Å²) in [4.78, 5) is 28.9. The Morgan fingerprint density at radius 3 is 2.70 bits per heavy atom. The number of carbonyl (C=O) groups is 2. The number of nitrogens with one attached hydrogen (secondary N) is 1. The van der Waals surface area contributed by atoms with Crippen LogP contribution in [-0.4, -0.2) is 46.9 Å². The summed E-state index contributed by atoms with van der Waals surface area (Å²) >= 11 is 0. The normalized spacial score (nSPS) is 23.7. The number of carbonyl (C=O) groups excluding carboxylic acids is 2. The number of hydrogen-bond donors (Lipinski definition) is 1. The fourth-order valence-electron chi connectivity index (χ4n) is 3.90. The summed E-state index contributed by atoms with van der Waals surface area (Å²) < 4.78 is 0. The minimum Gasteiger partial charge on any atom is -0.322 e. The lowest BCUT2D eigenvalue weighted by molar-refractivity contribution is -0.133. The average molecular weight is 365 g/mol. The highest BCUT2D eigenvalue weighted by atomic mass is 16.2. The molecule has 0 aliphatic carbocycles. The van der Waals surface area contributed by atoms with Gasteiger partial charge in [-0.05, 0) is 31.4 Å². The van der Waals surface area contributed by atoms with Crippen LogP contribution in [-0.2, 0) is 11.3 Å². The topological polar surface area (TPSA) is 100 Å². The van der Waals surface area contributed by atoms with Gasteiger partial charge in [0.2, 0.25) is 0 Å². The van der Waals surface area contributed by atoms with Crippen molar-refractivity contribution in [2.24, 2.45) is 5.92 Å². The predicted octanol–water partition coefficient (Wildman–Crippen LogP) is 2.02. The van der Waals surface area contributed by atoms with Crippen LogP contribution in [0, 0.1) is 28.6 Å². The number of likely N-dealkylation sites (tertiary alicyclic amines) is 1. The maximum absolute atomic E-state index is 13.1. The van der Waals surface area contributed by atoms with E-state index in [1.54, 1.807) is 0 Å². The maximum atomic E-state index is 13.1. The Hall–Kier alpha value is -2.90. The summed E-state index contributed by atoms with van der Waals surface area (Å²) in [6.07, 6.45) is 2.02. The number of nitriles is 2. The molecule has 1 aromatic carbocycles. The summed E-state index contributed by atoms with van der Waals surface area (Å²) in [5.74, 6) is -0.763. The lowest BCUT2D eigenvalue weighted by Crippen LogP contribution is -2.58. The molecule has 2 aliphatic heterocycles. The molecule has 3 rings (SSSR count). The zero-order valence-electron chi connectivity index (χ0n) is 15.2. The minimum atomic E-state index is -0.903. The number of rotatable bonds is 6. The molecule has 2 atom stereocenters. The third-order valence-electron chi connectivity index (χ3n) is 5.26. The molecule has 2 aliphatic rings. The van der Waals surface area contributed by atoms with E-state index in [0.29, 0.717) is 19.4 Å². The number of urea groups is 1. The molecule has 1 N–H and O–H groups in total. The van der Waals surface area contributed by atoms with Gasteiger partial charge in [-0.2, -0.15) is 10.5 Å². The molecule has 0 aromatic heterocycles. The second kappa shape index (κ2) is 8.20. The van der Waals surface area contributed by atoms with Gasteiger partial charge in [-0.15, -0.1) is 0 Å². The van der Waals surface area contributed by atoms with Crippen molar-refractivity contribution in [3.05, 3.63) is 35.9 Å². The molecule has 3 amide bonds. The Balaban J connectivity index is 1.69. The fraction of sp³-hybridized carbons (Fsp3) is 0.500. The summed E-state index contributed by atoms with van der Waals surface area (Å²) in [5.41, 5.74) is 0.267. The second-order valence-corrected chi connectivity index (χ2v) is 7.25. The van der Waals surface area contributed by atoms with Crippen molar-refractivity contribution in [3.63, 3.8) is 0 Å². The van der Waals surface area contributed by atoms with E-state index in [2.05, 4.69) is 28.4 Å². The largest absolute Gasteiger partial charge is 0.325 e. The Morgan fingerprint density at radius 1 is 1.22 bits per heavy atom. The summed E-state index contributed by atoms with van der Waals surface area (Å²) in [5, 5.41) is 20.8. The number of piperidine rings is 1. The van der Waals surface area contributed by atoms with Crippen molar-refractivity contribution in [1.29, 1.82) is 10.5 Å². The molecule has 7 heteroatoms. The molecule has 1 spiro atoms. The van der Waals surface area contributed by atoms with E-state index in [1.165, 1.54) is 5.56 Å². The van der Waals surface area contributed by atoms with Crippen LogP contribution < -0.4 is 5.32 Å². The zero-order chi connectivity index (χ0) is 19.3. The lowest BCUT2D eigenvalue weighted by Gasteiger charge is -2.38. The first-order chi connectivity index (χ1) is 13.1.